The van der Waals surface area contributed by atoms with Crippen LogP contribution < -0.4 is 0 Å². The van der Waals surface area contributed by atoms with Crippen LogP contribution in [0, 0.1) is 0 Å². The minimum Gasteiger partial charge on any atom is -0.444 e. The van der Waals surface area contributed by atoms with E-state index >= 15 is 0 Å². The maximum atomic E-state index is 13.1. The lowest BCUT2D eigenvalue weighted by molar-refractivity contribution is -0.194. The molecule has 1 aliphatic rings. The summed E-state index contributed by atoms with van der Waals surface area (Å²) in [5.74, 6) is 0. The van der Waals surface area contributed by atoms with Crippen LogP contribution in [0.4, 0.5) is 18.0 Å². The molecule has 130 valence electrons. The summed E-state index contributed by atoms with van der Waals surface area (Å²) in [7, 11) is -3.86. The number of hydrogen-bond donors (Lipinski definition) is 0. The second-order valence-electron chi connectivity index (χ2n) is 6.18. The zero-order valence-electron chi connectivity index (χ0n) is 12.8. The number of nitrogens with zero attached hydrogens (tertiary/aromatic N) is 1. The van der Waals surface area contributed by atoms with Crippen LogP contribution in [0.3, 0.4) is 0 Å². The van der Waals surface area contributed by atoms with Crippen LogP contribution in [-0.4, -0.2) is 56.1 Å². The Hall–Kier alpha value is -1.03. The molecule has 1 heterocycles. The highest BCUT2D eigenvalue weighted by atomic mass is 32.2. The van der Waals surface area contributed by atoms with Gasteiger partial charge >= 0.3 is 12.3 Å². The molecule has 1 aliphatic heterocycles. The van der Waals surface area contributed by atoms with Gasteiger partial charge in [0, 0.05) is 13.0 Å². The minimum atomic E-state index is -4.70. The molecule has 0 bridgehead atoms. The molecule has 0 spiro atoms. The summed E-state index contributed by atoms with van der Waals surface area (Å²) in [5, 5.41) is 0. The van der Waals surface area contributed by atoms with Crippen LogP contribution in [-0.2, 0) is 19.0 Å². The van der Waals surface area contributed by atoms with Gasteiger partial charge < -0.3 is 4.74 Å². The number of ether oxygens (including phenoxy) is 1. The number of carbonyl (C=O) groups is 1. The Labute approximate surface area is 127 Å². The number of alkyl halides is 3. The molecule has 2 atom stereocenters. The van der Waals surface area contributed by atoms with E-state index in [4.69, 9.17) is 4.74 Å². The molecular weight excluding hydrogens is 327 g/mol. The van der Waals surface area contributed by atoms with E-state index in [9.17, 15) is 26.4 Å². The maximum absolute atomic E-state index is 13.1. The molecular formula is C12H20F3NO5S. The monoisotopic (exact) mass is 347 g/mol. The van der Waals surface area contributed by atoms with E-state index in [2.05, 4.69) is 4.18 Å². The van der Waals surface area contributed by atoms with E-state index in [0.29, 0.717) is 4.90 Å². The number of hydrogen-bond acceptors (Lipinski definition) is 5. The molecule has 6 nitrogen and oxygen atoms in total. The Kier molecular flexibility index (Phi) is 5.38. The summed E-state index contributed by atoms with van der Waals surface area (Å²) >= 11 is 0. The van der Waals surface area contributed by atoms with Crippen LogP contribution in [0.5, 0.6) is 0 Å². The summed E-state index contributed by atoms with van der Waals surface area (Å²) < 4.78 is 71.1. The number of rotatable bonds is 2. The Morgan fingerprint density at radius 2 is 1.77 bits per heavy atom. The number of carbonyl (C=O) groups excluding carboxylic acids is 1. The van der Waals surface area contributed by atoms with Crippen molar-refractivity contribution in [3.8, 4) is 0 Å². The smallest absolute Gasteiger partial charge is 0.410 e. The van der Waals surface area contributed by atoms with Crippen molar-refractivity contribution in [3.63, 3.8) is 0 Å². The van der Waals surface area contributed by atoms with E-state index in [0.717, 1.165) is 6.26 Å². The first-order chi connectivity index (χ1) is 9.69. The van der Waals surface area contributed by atoms with Gasteiger partial charge in [-0.15, -0.1) is 0 Å². The third kappa shape index (κ3) is 5.99. The van der Waals surface area contributed by atoms with Crippen molar-refractivity contribution in [2.75, 3.05) is 12.8 Å². The summed E-state index contributed by atoms with van der Waals surface area (Å²) in [6.45, 7) is 4.35. The first kappa shape index (κ1) is 19.0. The lowest BCUT2D eigenvalue weighted by Gasteiger charge is -2.40. The number of halogens is 3. The first-order valence-corrected chi connectivity index (χ1v) is 8.45. The SMILES string of the molecule is CC(C)(C)OC(=O)N1CC[C@H](OS(C)(=O)=O)C[C@@H]1C(F)(F)F. The minimum absolute atomic E-state index is 0.0150. The zero-order valence-corrected chi connectivity index (χ0v) is 13.6. The lowest BCUT2D eigenvalue weighted by atomic mass is 9.99. The van der Waals surface area contributed by atoms with Crippen LogP contribution in [0.2, 0.25) is 0 Å². The third-order valence-electron chi connectivity index (χ3n) is 2.87. The first-order valence-electron chi connectivity index (χ1n) is 6.63. The number of piperidine rings is 1. The van der Waals surface area contributed by atoms with Crippen molar-refractivity contribution in [2.24, 2.45) is 0 Å². The molecule has 10 heteroatoms. The fraction of sp³-hybridized carbons (Fsp3) is 0.917. The molecule has 0 unspecified atom stereocenters. The van der Waals surface area contributed by atoms with Crippen molar-refractivity contribution in [3.05, 3.63) is 0 Å². The van der Waals surface area contributed by atoms with E-state index in [1.807, 2.05) is 0 Å². The van der Waals surface area contributed by atoms with Crippen molar-refractivity contribution < 1.29 is 35.3 Å². The van der Waals surface area contributed by atoms with E-state index < -0.39 is 46.6 Å². The molecule has 1 amide bonds. The maximum Gasteiger partial charge on any atom is 0.410 e. The second kappa shape index (κ2) is 6.23. The van der Waals surface area contributed by atoms with Crippen molar-refractivity contribution >= 4 is 16.2 Å². The molecule has 1 rings (SSSR count). The standard InChI is InChI=1S/C12H20F3NO5S/c1-11(2,3)20-10(17)16-6-5-8(21-22(4,18)19)7-9(16)12(13,14)15/h8-9H,5-7H2,1-4H3/t8-,9+/m0/s1. The quantitative estimate of drug-likeness (QED) is 0.717. The molecule has 22 heavy (non-hydrogen) atoms. The highest BCUT2D eigenvalue weighted by molar-refractivity contribution is 7.86. The molecule has 0 saturated carbocycles. The summed E-state index contributed by atoms with van der Waals surface area (Å²) in [5.41, 5.74) is -0.923. The van der Waals surface area contributed by atoms with Gasteiger partial charge in [-0.1, -0.05) is 0 Å². The van der Waals surface area contributed by atoms with Crippen molar-refractivity contribution in [2.45, 2.75) is 57.5 Å². The van der Waals surface area contributed by atoms with Gasteiger partial charge in [0.15, 0.2) is 0 Å². The van der Waals surface area contributed by atoms with Gasteiger partial charge in [0.05, 0.1) is 12.4 Å². The molecule has 1 fully saturated rings. The summed E-state index contributed by atoms with van der Waals surface area (Å²) in [4.78, 5) is 12.5. The average Bonchev–Trinajstić information content (AvgIpc) is 2.22. The van der Waals surface area contributed by atoms with E-state index in [-0.39, 0.29) is 13.0 Å². The van der Waals surface area contributed by atoms with E-state index in [1.165, 1.54) is 0 Å². The highest BCUT2D eigenvalue weighted by Gasteiger charge is 2.50. The number of amides is 1. The normalized spacial score (nSPS) is 24.2. The Morgan fingerprint density at radius 3 is 2.18 bits per heavy atom. The zero-order chi connectivity index (χ0) is 17.3. The van der Waals surface area contributed by atoms with Gasteiger partial charge in [-0.2, -0.15) is 21.6 Å². The molecule has 0 aromatic heterocycles. The van der Waals surface area contributed by atoms with Gasteiger partial charge in [-0.25, -0.2) is 4.79 Å². The van der Waals surface area contributed by atoms with Crippen molar-refractivity contribution in [1.29, 1.82) is 0 Å². The molecule has 0 radical (unpaired) electrons. The van der Waals surface area contributed by atoms with Crippen LogP contribution in [0.25, 0.3) is 0 Å². The van der Waals surface area contributed by atoms with Crippen molar-refractivity contribution in [1.82, 2.24) is 4.90 Å². The Bertz CT molecular complexity index is 512. The van der Waals surface area contributed by atoms with Crippen LogP contribution >= 0.6 is 0 Å². The molecule has 0 aromatic carbocycles. The average molecular weight is 347 g/mol. The summed E-state index contributed by atoms with van der Waals surface area (Å²) in [6.07, 6.45) is -6.77. The molecule has 1 saturated heterocycles. The highest BCUT2D eigenvalue weighted by Crippen LogP contribution is 2.34. The Balaban J connectivity index is 2.89. The fourth-order valence-corrected chi connectivity index (χ4v) is 2.79. The van der Waals surface area contributed by atoms with Crippen LogP contribution in [0.1, 0.15) is 33.6 Å². The predicted molar refractivity (Wildman–Crippen MR) is 71.7 cm³/mol. The molecule has 0 aromatic rings. The van der Waals surface area contributed by atoms with Crippen LogP contribution in [0.15, 0.2) is 0 Å². The third-order valence-corrected chi connectivity index (χ3v) is 3.49. The largest absolute Gasteiger partial charge is 0.444 e. The summed E-state index contributed by atoms with van der Waals surface area (Å²) in [6, 6.07) is -2.14. The Morgan fingerprint density at radius 1 is 1.23 bits per heavy atom. The van der Waals surface area contributed by atoms with Gasteiger partial charge in [-0.3, -0.25) is 9.08 Å². The second-order valence-corrected chi connectivity index (χ2v) is 7.78. The molecule has 0 aliphatic carbocycles. The van der Waals surface area contributed by atoms with E-state index in [1.54, 1.807) is 20.8 Å². The topological polar surface area (TPSA) is 72.9 Å². The van der Waals surface area contributed by atoms with Gasteiger partial charge in [-0.05, 0) is 27.2 Å². The lowest BCUT2D eigenvalue weighted by Crippen LogP contribution is -2.55. The predicted octanol–water partition coefficient (Wildman–Crippen LogP) is 2.29. The van der Waals surface area contributed by atoms with Gasteiger partial charge in [0.1, 0.15) is 11.6 Å². The van der Waals surface area contributed by atoms with Gasteiger partial charge in [0.2, 0.25) is 0 Å². The van der Waals surface area contributed by atoms with Gasteiger partial charge in [0.25, 0.3) is 10.1 Å². The number of likely N-dealkylation sites (tertiary alicyclic amines) is 1. The molecule has 0 N–H and O–H groups in total. The fourth-order valence-electron chi connectivity index (χ4n) is 2.12.